The highest BCUT2D eigenvalue weighted by Gasteiger charge is 2.26. The third kappa shape index (κ3) is 4.09. The summed E-state index contributed by atoms with van der Waals surface area (Å²) >= 11 is 5.85. The van der Waals surface area contributed by atoms with Crippen molar-refractivity contribution in [3.8, 4) is 0 Å². The summed E-state index contributed by atoms with van der Waals surface area (Å²) in [6.45, 7) is 1.41. The van der Waals surface area contributed by atoms with Crippen LogP contribution in [0.15, 0.2) is 48.5 Å². The molecule has 1 fully saturated rings. The van der Waals surface area contributed by atoms with Gasteiger partial charge in [0.05, 0.1) is 11.0 Å². The van der Waals surface area contributed by atoms with E-state index in [2.05, 4.69) is 4.98 Å². The summed E-state index contributed by atoms with van der Waals surface area (Å²) in [5, 5.41) is 0.597. The monoisotopic (exact) mass is 395 g/mol. The number of hydrogen-bond donors (Lipinski definition) is 1. The van der Waals surface area contributed by atoms with E-state index in [-0.39, 0.29) is 24.5 Å². The number of Topliss-reactive ketones (excluding diaryl/α,β-unsaturated/α-hetero) is 1. The number of ketones is 1. The zero-order chi connectivity index (χ0) is 19.5. The number of aromatic amines is 1. The van der Waals surface area contributed by atoms with Crippen molar-refractivity contribution in [2.75, 3.05) is 13.1 Å². The average molecular weight is 396 g/mol. The van der Waals surface area contributed by atoms with Gasteiger partial charge < -0.3 is 9.88 Å². The predicted molar refractivity (Wildman–Crippen MR) is 110 cm³/mol. The van der Waals surface area contributed by atoms with Crippen LogP contribution in [0.5, 0.6) is 0 Å². The minimum absolute atomic E-state index is 0.0258. The number of benzene rings is 2. The molecule has 0 saturated carbocycles. The molecule has 0 radical (unpaired) electrons. The number of nitrogens with one attached hydrogen (secondary N) is 1. The zero-order valence-electron chi connectivity index (χ0n) is 15.5. The first-order valence-electron chi connectivity index (χ1n) is 9.61. The fourth-order valence-electron chi connectivity index (χ4n) is 3.73. The fourth-order valence-corrected chi connectivity index (χ4v) is 3.85. The SMILES string of the molecule is O=C(CCC(=O)N1CCC(c2nc3ccccc3[nH]2)CC1)c1ccc(Cl)cc1. The third-order valence-electron chi connectivity index (χ3n) is 5.37. The van der Waals surface area contributed by atoms with Gasteiger partial charge in [-0.3, -0.25) is 9.59 Å². The number of carbonyl (C=O) groups excluding carboxylic acids is 2. The van der Waals surface area contributed by atoms with E-state index in [1.165, 1.54) is 0 Å². The highest BCUT2D eigenvalue weighted by molar-refractivity contribution is 6.30. The largest absolute Gasteiger partial charge is 0.343 e. The first kappa shape index (κ1) is 18.7. The van der Waals surface area contributed by atoms with E-state index < -0.39 is 0 Å². The van der Waals surface area contributed by atoms with Crippen molar-refractivity contribution in [1.82, 2.24) is 14.9 Å². The van der Waals surface area contributed by atoms with Gasteiger partial charge in [0.1, 0.15) is 5.82 Å². The maximum absolute atomic E-state index is 12.5. The second-order valence-electron chi connectivity index (χ2n) is 7.22. The molecule has 1 saturated heterocycles. The molecule has 1 amide bonds. The van der Waals surface area contributed by atoms with Crippen molar-refractivity contribution in [3.05, 3.63) is 64.9 Å². The van der Waals surface area contributed by atoms with Crippen LogP contribution in [0.3, 0.4) is 0 Å². The molecule has 1 aromatic heterocycles. The Labute approximate surface area is 168 Å². The molecule has 0 aliphatic carbocycles. The molecule has 144 valence electrons. The molecule has 28 heavy (non-hydrogen) atoms. The van der Waals surface area contributed by atoms with Crippen molar-refractivity contribution in [2.24, 2.45) is 0 Å². The predicted octanol–water partition coefficient (Wildman–Crippen LogP) is 4.59. The quantitative estimate of drug-likeness (QED) is 0.643. The van der Waals surface area contributed by atoms with Gasteiger partial charge in [-0.15, -0.1) is 0 Å². The highest BCUT2D eigenvalue weighted by atomic mass is 35.5. The number of hydrogen-bond acceptors (Lipinski definition) is 3. The van der Waals surface area contributed by atoms with Crippen LogP contribution in [0.25, 0.3) is 11.0 Å². The maximum atomic E-state index is 12.5. The Morgan fingerprint density at radius 1 is 1.04 bits per heavy atom. The number of amides is 1. The Hall–Kier alpha value is -2.66. The van der Waals surface area contributed by atoms with Crippen LogP contribution in [0.1, 0.15) is 47.8 Å². The molecule has 2 heterocycles. The van der Waals surface area contributed by atoms with Gasteiger partial charge in [0, 0.05) is 42.4 Å². The molecule has 1 aliphatic rings. The number of imidazole rings is 1. The lowest BCUT2D eigenvalue weighted by Gasteiger charge is -2.31. The standard InChI is InChI=1S/C22H22ClN3O2/c23-17-7-5-15(6-8-17)20(27)9-10-21(28)26-13-11-16(12-14-26)22-24-18-3-1-2-4-19(18)25-22/h1-8,16H,9-14H2,(H,24,25). The Balaban J connectivity index is 1.29. The minimum atomic E-state index is -0.0258. The van der Waals surface area contributed by atoms with Crippen molar-refractivity contribution in [1.29, 1.82) is 0 Å². The van der Waals surface area contributed by atoms with E-state index in [4.69, 9.17) is 16.6 Å². The second kappa shape index (κ2) is 8.15. The Morgan fingerprint density at radius 2 is 1.75 bits per heavy atom. The Bertz CT molecular complexity index is 955. The van der Waals surface area contributed by atoms with Crippen LogP contribution in [0.2, 0.25) is 5.02 Å². The number of H-pyrrole nitrogens is 1. The number of aromatic nitrogens is 2. The zero-order valence-corrected chi connectivity index (χ0v) is 16.3. The van der Waals surface area contributed by atoms with Crippen molar-refractivity contribution < 1.29 is 9.59 Å². The van der Waals surface area contributed by atoms with Gasteiger partial charge in [-0.1, -0.05) is 23.7 Å². The van der Waals surface area contributed by atoms with Crippen LogP contribution in [0.4, 0.5) is 0 Å². The number of likely N-dealkylation sites (tertiary alicyclic amines) is 1. The van der Waals surface area contributed by atoms with Gasteiger partial charge in [0.2, 0.25) is 5.91 Å². The molecule has 0 spiro atoms. The molecule has 3 aromatic rings. The van der Waals surface area contributed by atoms with Crippen LogP contribution in [-0.2, 0) is 4.79 Å². The van der Waals surface area contributed by atoms with E-state index >= 15 is 0 Å². The van der Waals surface area contributed by atoms with E-state index in [9.17, 15) is 9.59 Å². The normalized spacial score (nSPS) is 15.1. The summed E-state index contributed by atoms with van der Waals surface area (Å²) < 4.78 is 0. The molecular formula is C22H22ClN3O2. The third-order valence-corrected chi connectivity index (χ3v) is 5.63. The van der Waals surface area contributed by atoms with Gasteiger partial charge in [-0.05, 0) is 49.2 Å². The van der Waals surface area contributed by atoms with Gasteiger partial charge >= 0.3 is 0 Å². The average Bonchev–Trinajstić information content (AvgIpc) is 3.16. The summed E-state index contributed by atoms with van der Waals surface area (Å²) in [5.41, 5.74) is 2.63. The molecule has 0 unspecified atom stereocenters. The number of para-hydroxylation sites is 2. The summed E-state index contributed by atoms with van der Waals surface area (Å²) in [5.74, 6) is 1.37. The number of fused-ring (bicyclic) bond motifs is 1. The molecule has 0 atom stereocenters. The van der Waals surface area contributed by atoms with Crippen LogP contribution in [0, 0.1) is 0 Å². The highest BCUT2D eigenvalue weighted by Crippen LogP contribution is 2.28. The number of rotatable bonds is 5. The Morgan fingerprint density at radius 3 is 2.46 bits per heavy atom. The second-order valence-corrected chi connectivity index (χ2v) is 7.66. The summed E-state index contributed by atoms with van der Waals surface area (Å²) in [6, 6.07) is 14.8. The van der Waals surface area contributed by atoms with Gasteiger partial charge in [0.25, 0.3) is 0 Å². The summed E-state index contributed by atoms with van der Waals surface area (Å²) in [4.78, 5) is 34.7. The lowest BCUT2D eigenvalue weighted by molar-refractivity contribution is -0.132. The topological polar surface area (TPSA) is 66.1 Å². The fraction of sp³-hybridized carbons (Fsp3) is 0.318. The van der Waals surface area contributed by atoms with Crippen LogP contribution >= 0.6 is 11.6 Å². The van der Waals surface area contributed by atoms with Crippen molar-refractivity contribution in [3.63, 3.8) is 0 Å². The molecule has 2 aromatic carbocycles. The lowest BCUT2D eigenvalue weighted by atomic mass is 9.95. The molecular weight excluding hydrogens is 374 g/mol. The number of carbonyl (C=O) groups is 2. The van der Waals surface area contributed by atoms with Crippen molar-refractivity contribution >= 4 is 34.3 Å². The first-order chi connectivity index (χ1) is 13.6. The number of piperidine rings is 1. The maximum Gasteiger partial charge on any atom is 0.223 e. The van der Waals surface area contributed by atoms with E-state index in [1.807, 2.05) is 29.2 Å². The molecule has 0 bridgehead atoms. The smallest absolute Gasteiger partial charge is 0.223 e. The molecule has 6 heteroatoms. The van der Waals surface area contributed by atoms with Crippen LogP contribution in [-0.4, -0.2) is 39.6 Å². The van der Waals surface area contributed by atoms with Gasteiger partial charge in [0.15, 0.2) is 5.78 Å². The summed E-state index contributed by atoms with van der Waals surface area (Å²) in [7, 11) is 0. The van der Waals surface area contributed by atoms with Gasteiger partial charge in [-0.2, -0.15) is 0 Å². The molecule has 1 aliphatic heterocycles. The number of halogens is 1. The molecule has 4 rings (SSSR count). The van der Waals surface area contributed by atoms with E-state index in [0.29, 0.717) is 29.6 Å². The Kier molecular flexibility index (Phi) is 5.44. The van der Waals surface area contributed by atoms with Crippen LogP contribution < -0.4 is 0 Å². The molecule has 5 nitrogen and oxygen atoms in total. The summed E-state index contributed by atoms with van der Waals surface area (Å²) in [6.07, 6.45) is 2.24. The van der Waals surface area contributed by atoms with Gasteiger partial charge in [-0.25, -0.2) is 4.98 Å². The lowest BCUT2D eigenvalue weighted by Crippen LogP contribution is -2.38. The first-order valence-corrected chi connectivity index (χ1v) is 9.99. The molecule has 1 N–H and O–H groups in total. The van der Waals surface area contributed by atoms with Crippen molar-refractivity contribution in [2.45, 2.75) is 31.6 Å². The van der Waals surface area contributed by atoms with E-state index in [1.54, 1.807) is 24.3 Å². The number of nitrogens with zero attached hydrogens (tertiary/aromatic N) is 2. The minimum Gasteiger partial charge on any atom is -0.343 e. The van der Waals surface area contributed by atoms with E-state index in [0.717, 1.165) is 29.7 Å².